The first-order valence-electron chi connectivity index (χ1n) is 10.1. The van der Waals surface area contributed by atoms with Crippen molar-refractivity contribution >= 4 is 98.8 Å². The molecule has 0 spiro atoms. The third-order valence-electron chi connectivity index (χ3n) is 5.35. The van der Waals surface area contributed by atoms with E-state index in [1.807, 2.05) is 0 Å². The predicted octanol–water partition coefficient (Wildman–Crippen LogP) is 6.93. The fourth-order valence-electron chi connectivity index (χ4n) is 3.54. The zero-order chi connectivity index (χ0) is 26.3. The number of hydrogen-bond acceptors (Lipinski definition) is 5. The van der Waals surface area contributed by atoms with Crippen molar-refractivity contribution in [3.8, 4) is 5.75 Å². The number of hydrazine groups is 1. The fraction of sp³-hybridized carbons (Fsp3) is 0.0833. The van der Waals surface area contributed by atoms with Crippen molar-refractivity contribution in [2.45, 2.75) is 0 Å². The number of carbonyl (C=O) groups is 4. The van der Waals surface area contributed by atoms with Gasteiger partial charge < -0.3 is 4.74 Å². The van der Waals surface area contributed by atoms with E-state index in [1.165, 1.54) is 43.5 Å². The molecule has 0 radical (unpaired) electrons. The number of carbonyl (C=O) groups excluding carboxylic acids is 4. The number of benzene rings is 3. The first kappa shape index (κ1) is 27.0. The number of ether oxygens (including phenoxy) is 1. The first-order valence-corrected chi connectivity index (χ1v) is 13.6. The Morgan fingerprint density at radius 2 is 1.28 bits per heavy atom. The molecule has 0 unspecified atom stereocenters. The van der Waals surface area contributed by atoms with Crippen LogP contribution in [0, 0.1) is 0 Å². The number of methoxy groups -OCH3 is 1. The summed E-state index contributed by atoms with van der Waals surface area (Å²) in [5.41, 5.74) is 0.508. The Kier molecular flexibility index (Phi) is 8.06. The molecule has 0 saturated heterocycles. The second-order valence-electron chi connectivity index (χ2n) is 7.45. The van der Waals surface area contributed by atoms with Crippen molar-refractivity contribution in [2.75, 3.05) is 13.7 Å². The van der Waals surface area contributed by atoms with Crippen molar-refractivity contribution < 1.29 is 23.9 Å². The van der Waals surface area contributed by atoms with Crippen molar-refractivity contribution in [2.24, 2.45) is 0 Å². The summed E-state index contributed by atoms with van der Waals surface area (Å²) in [5.74, 6) is -2.20. The van der Waals surface area contributed by atoms with Crippen LogP contribution in [0.25, 0.3) is 0 Å². The lowest BCUT2D eigenvalue weighted by Gasteiger charge is -2.29. The van der Waals surface area contributed by atoms with Crippen LogP contribution in [0.3, 0.4) is 0 Å². The van der Waals surface area contributed by atoms with E-state index in [0.717, 1.165) is 5.01 Å². The van der Waals surface area contributed by atoms with Gasteiger partial charge in [0.2, 0.25) is 0 Å². The third-order valence-corrected chi connectivity index (χ3v) is 10.4. The van der Waals surface area contributed by atoms with Crippen LogP contribution in [-0.4, -0.2) is 47.2 Å². The summed E-state index contributed by atoms with van der Waals surface area (Å²) < 4.78 is 6.78. The molecule has 184 valence electrons. The lowest BCUT2D eigenvalue weighted by atomic mass is 10.1. The van der Waals surface area contributed by atoms with E-state index in [4.69, 9.17) is 16.3 Å². The van der Waals surface area contributed by atoms with Gasteiger partial charge >= 0.3 is 0 Å². The number of halogens is 5. The lowest BCUT2D eigenvalue weighted by molar-refractivity contribution is 0.00527. The molecule has 3 amide bonds. The second kappa shape index (κ2) is 10.7. The number of Topliss-reactive ketones (excluding diaryl/α,β-unsaturated/α-hetero) is 1. The molecule has 0 aromatic heterocycles. The maximum Gasteiger partial charge on any atom is 0.282 e. The lowest BCUT2D eigenvalue weighted by Crippen LogP contribution is -2.51. The molecule has 1 aliphatic heterocycles. The first-order chi connectivity index (χ1) is 17.1. The Balaban J connectivity index is 1.79. The minimum Gasteiger partial charge on any atom is -0.497 e. The van der Waals surface area contributed by atoms with Crippen LogP contribution >= 0.6 is 75.3 Å². The van der Waals surface area contributed by atoms with Gasteiger partial charge in [-0.3, -0.25) is 19.2 Å². The largest absolute Gasteiger partial charge is 0.497 e. The van der Waals surface area contributed by atoms with Crippen LogP contribution in [-0.2, 0) is 0 Å². The highest BCUT2D eigenvalue weighted by Gasteiger charge is 2.46. The number of imide groups is 1. The molecular weight excluding hydrogens is 751 g/mol. The number of nitrogens with zero attached hydrogens (tertiary/aromatic N) is 2. The SMILES string of the molecule is COc1ccc(C(=O)CN(C(=O)c2ccc(Cl)cc2)N2C(=O)c3c(Br)c(Br)c(Br)c(Br)c3C2=O)cc1. The van der Waals surface area contributed by atoms with Crippen LogP contribution in [0.4, 0.5) is 0 Å². The van der Waals surface area contributed by atoms with Gasteiger partial charge in [0.25, 0.3) is 17.7 Å². The Morgan fingerprint density at radius 1 is 0.806 bits per heavy atom. The Labute approximate surface area is 244 Å². The molecule has 0 aliphatic carbocycles. The number of hydrogen-bond donors (Lipinski definition) is 0. The summed E-state index contributed by atoms with van der Waals surface area (Å²) >= 11 is 19.4. The molecule has 1 heterocycles. The molecular formula is C24H13Br4ClN2O5. The number of rotatable bonds is 6. The Morgan fingerprint density at radius 3 is 1.75 bits per heavy atom. The van der Waals surface area contributed by atoms with Crippen molar-refractivity contribution in [1.82, 2.24) is 10.0 Å². The van der Waals surface area contributed by atoms with Crippen LogP contribution < -0.4 is 4.74 Å². The summed E-state index contributed by atoms with van der Waals surface area (Å²) in [7, 11) is 1.50. The van der Waals surface area contributed by atoms with Crippen LogP contribution in [0.2, 0.25) is 5.02 Å². The van der Waals surface area contributed by atoms with Gasteiger partial charge in [0.05, 0.1) is 18.2 Å². The number of fused-ring (bicyclic) bond motifs is 1. The van der Waals surface area contributed by atoms with E-state index < -0.39 is 30.0 Å². The summed E-state index contributed by atoms with van der Waals surface area (Å²) in [6.45, 7) is -0.573. The monoisotopic (exact) mass is 760 g/mol. The van der Waals surface area contributed by atoms with Gasteiger partial charge in [-0.2, -0.15) is 5.01 Å². The summed E-state index contributed by atoms with van der Waals surface area (Å²) in [6.07, 6.45) is 0. The van der Waals surface area contributed by atoms with E-state index in [2.05, 4.69) is 63.7 Å². The standard InChI is InChI=1S/C24H13Br4ClN2O5/c1-36-14-8-4-11(5-9-14)15(32)10-30(22(33)12-2-6-13(29)7-3-12)31-23(34)16-17(24(31)35)19(26)21(28)20(27)18(16)25/h2-9H,10H2,1H3. The Bertz CT molecular complexity index is 1380. The van der Waals surface area contributed by atoms with Crippen LogP contribution in [0.5, 0.6) is 5.75 Å². The summed E-state index contributed by atoms with van der Waals surface area (Å²) in [6, 6.07) is 12.2. The summed E-state index contributed by atoms with van der Waals surface area (Å²) in [5, 5.41) is 1.94. The van der Waals surface area contributed by atoms with Crippen molar-refractivity contribution in [3.05, 3.63) is 93.7 Å². The molecule has 1 aliphatic rings. The Hall–Kier alpha value is -2.05. The fourth-order valence-corrected chi connectivity index (χ4v) is 6.12. The number of ketones is 1. The molecule has 3 aromatic carbocycles. The highest BCUT2D eigenvalue weighted by atomic mass is 79.9. The van der Waals surface area contributed by atoms with Gasteiger partial charge in [-0.1, -0.05) is 11.6 Å². The van der Waals surface area contributed by atoms with Gasteiger partial charge in [-0.05, 0) is 112 Å². The molecule has 0 saturated carbocycles. The van der Waals surface area contributed by atoms with E-state index in [0.29, 0.717) is 33.7 Å². The molecule has 0 atom stereocenters. The molecule has 4 rings (SSSR count). The molecule has 7 nitrogen and oxygen atoms in total. The predicted molar refractivity (Wildman–Crippen MR) is 148 cm³/mol. The minimum atomic E-state index is -0.763. The maximum atomic E-state index is 13.6. The highest BCUT2D eigenvalue weighted by molar-refractivity contribution is 9.15. The van der Waals surface area contributed by atoms with Crippen LogP contribution in [0.15, 0.2) is 66.4 Å². The average molecular weight is 764 g/mol. The zero-order valence-electron chi connectivity index (χ0n) is 18.2. The number of amides is 3. The van der Waals surface area contributed by atoms with E-state index in [-0.39, 0.29) is 22.3 Å². The van der Waals surface area contributed by atoms with Gasteiger partial charge in [0, 0.05) is 34.0 Å². The molecule has 36 heavy (non-hydrogen) atoms. The van der Waals surface area contributed by atoms with Crippen molar-refractivity contribution in [1.29, 1.82) is 0 Å². The smallest absolute Gasteiger partial charge is 0.282 e. The quantitative estimate of drug-likeness (QED) is 0.118. The zero-order valence-corrected chi connectivity index (χ0v) is 25.3. The third kappa shape index (κ3) is 4.79. The highest BCUT2D eigenvalue weighted by Crippen LogP contribution is 2.45. The normalized spacial score (nSPS) is 12.6. The maximum absolute atomic E-state index is 13.6. The minimum absolute atomic E-state index is 0.0488. The van der Waals surface area contributed by atoms with Gasteiger partial charge in [-0.15, -0.1) is 0 Å². The molecule has 3 aromatic rings. The van der Waals surface area contributed by atoms with E-state index in [1.54, 1.807) is 12.1 Å². The molecule has 0 bridgehead atoms. The topological polar surface area (TPSA) is 84.0 Å². The van der Waals surface area contributed by atoms with Crippen molar-refractivity contribution in [3.63, 3.8) is 0 Å². The average Bonchev–Trinajstić information content (AvgIpc) is 3.14. The van der Waals surface area contributed by atoms with E-state index in [9.17, 15) is 19.2 Å². The van der Waals surface area contributed by atoms with Gasteiger partial charge in [-0.25, -0.2) is 5.01 Å². The van der Waals surface area contributed by atoms with Crippen LogP contribution in [0.1, 0.15) is 41.4 Å². The summed E-state index contributed by atoms with van der Waals surface area (Å²) in [4.78, 5) is 53.9. The second-order valence-corrected chi connectivity index (χ2v) is 11.1. The van der Waals surface area contributed by atoms with Gasteiger partial charge in [0.1, 0.15) is 12.3 Å². The van der Waals surface area contributed by atoms with Gasteiger partial charge in [0.15, 0.2) is 5.78 Å². The molecule has 0 N–H and O–H groups in total. The molecule has 12 heteroatoms. The van der Waals surface area contributed by atoms with E-state index >= 15 is 0 Å². The molecule has 0 fully saturated rings.